The summed E-state index contributed by atoms with van der Waals surface area (Å²) in [5, 5.41) is 16.2. The summed E-state index contributed by atoms with van der Waals surface area (Å²) < 4.78 is 11.1. The third kappa shape index (κ3) is 3.25. The van der Waals surface area contributed by atoms with Crippen molar-refractivity contribution in [3.05, 3.63) is 48.2 Å². The molecule has 130 valence electrons. The summed E-state index contributed by atoms with van der Waals surface area (Å²) >= 11 is 0. The summed E-state index contributed by atoms with van der Waals surface area (Å²) in [6.45, 7) is 2.48. The van der Waals surface area contributed by atoms with Gasteiger partial charge in [-0.25, -0.2) is 0 Å². The summed E-state index contributed by atoms with van der Waals surface area (Å²) in [4.78, 5) is 2.29. The Balaban J connectivity index is 1.65. The number of aliphatic hydroxyl groups excluding tert-OH is 1. The molecule has 3 aromatic rings. The molecule has 1 fully saturated rings. The van der Waals surface area contributed by atoms with Crippen LogP contribution in [0.15, 0.2) is 47.0 Å². The van der Waals surface area contributed by atoms with E-state index in [4.69, 9.17) is 9.26 Å². The van der Waals surface area contributed by atoms with Gasteiger partial charge in [-0.2, -0.15) is 0 Å². The molecule has 25 heavy (non-hydrogen) atoms. The highest BCUT2D eigenvalue weighted by Crippen LogP contribution is 2.36. The van der Waals surface area contributed by atoms with Crippen molar-refractivity contribution in [3.8, 4) is 17.0 Å². The van der Waals surface area contributed by atoms with Crippen molar-refractivity contribution in [2.45, 2.75) is 25.5 Å². The Hall–Kier alpha value is -2.37. The molecule has 2 aromatic carbocycles. The fraction of sp³-hybridized carbons (Fsp3) is 0.350. The van der Waals surface area contributed by atoms with Gasteiger partial charge in [0.15, 0.2) is 5.76 Å². The van der Waals surface area contributed by atoms with Crippen molar-refractivity contribution in [2.75, 3.05) is 20.2 Å². The van der Waals surface area contributed by atoms with Crippen LogP contribution >= 0.6 is 0 Å². The molecule has 0 radical (unpaired) electrons. The maximum Gasteiger partial charge on any atom is 0.151 e. The van der Waals surface area contributed by atoms with E-state index in [0.717, 1.165) is 59.5 Å². The molecule has 1 saturated heterocycles. The van der Waals surface area contributed by atoms with Crippen LogP contribution < -0.4 is 4.74 Å². The molecular weight excluding hydrogens is 316 g/mol. The highest BCUT2D eigenvalue weighted by Gasteiger charge is 2.20. The molecule has 2 heterocycles. The van der Waals surface area contributed by atoms with E-state index < -0.39 is 0 Å². The number of hydrogen-bond donors (Lipinski definition) is 1. The number of methoxy groups -OCH3 is 1. The topological polar surface area (TPSA) is 58.7 Å². The number of rotatable bonds is 4. The van der Waals surface area contributed by atoms with Gasteiger partial charge in [0.1, 0.15) is 11.4 Å². The van der Waals surface area contributed by atoms with Gasteiger partial charge in [0.25, 0.3) is 0 Å². The zero-order valence-corrected chi connectivity index (χ0v) is 14.3. The Bertz CT molecular complexity index is 866. The summed E-state index contributed by atoms with van der Waals surface area (Å²) in [6, 6.07) is 14.2. The molecule has 0 atom stereocenters. The first-order valence-electron chi connectivity index (χ1n) is 8.66. The van der Waals surface area contributed by atoms with E-state index in [2.05, 4.69) is 28.3 Å². The monoisotopic (exact) mass is 338 g/mol. The zero-order valence-electron chi connectivity index (χ0n) is 14.3. The van der Waals surface area contributed by atoms with Crippen LogP contribution in [0.3, 0.4) is 0 Å². The molecule has 5 nitrogen and oxygen atoms in total. The van der Waals surface area contributed by atoms with Gasteiger partial charge in [0, 0.05) is 19.2 Å². The molecular formula is C20H22N2O3. The van der Waals surface area contributed by atoms with Crippen LogP contribution in [0.5, 0.6) is 5.75 Å². The Kier molecular flexibility index (Phi) is 4.42. The maximum atomic E-state index is 9.63. The molecule has 1 aliphatic rings. The normalized spacial score (nSPS) is 16.4. The van der Waals surface area contributed by atoms with Crippen LogP contribution in [0, 0.1) is 0 Å². The summed E-state index contributed by atoms with van der Waals surface area (Å²) in [7, 11) is 1.67. The zero-order chi connectivity index (χ0) is 17.2. The van der Waals surface area contributed by atoms with Crippen molar-refractivity contribution in [3.63, 3.8) is 0 Å². The van der Waals surface area contributed by atoms with Crippen LogP contribution in [0.4, 0.5) is 0 Å². The third-order valence-electron chi connectivity index (χ3n) is 4.86. The number of ether oxygens (including phenoxy) is 1. The van der Waals surface area contributed by atoms with Crippen LogP contribution in [-0.2, 0) is 6.54 Å². The Morgan fingerprint density at radius 1 is 1.20 bits per heavy atom. The highest BCUT2D eigenvalue weighted by molar-refractivity contribution is 5.98. The number of aliphatic hydroxyl groups is 1. The Labute approximate surface area is 146 Å². The second kappa shape index (κ2) is 6.86. The molecule has 1 aliphatic heterocycles. The van der Waals surface area contributed by atoms with Gasteiger partial charge in [-0.3, -0.25) is 4.90 Å². The second-order valence-electron chi connectivity index (χ2n) is 6.55. The molecule has 4 rings (SSSR count). The van der Waals surface area contributed by atoms with E-state index >= 15 is 0 Å². The molecule has 1 N–H and O–H groups in total. The average Bonchev–Trinajstić information content (AvgIpc) is 3.10. The van der Waals surface area contributed by atoms with Crippen LogP contribution in [0.1, 0.15) is 18.6 Å². The maximum absolute atomic E-state index is 9.63. The predicted molar refractivity (Wildman–Crippen MR) is 96.5 cm³/mol. The number of nitrogens with zero attached hydrogens (tertiary/aromatic N) is 2. The standard InChI is InChI=1S/C20H22N2O3/c1-24-19-7-6-14-4-2-3-5-17(14)20(19)18-12-16(25-21-18)13-22-10-8-15(23)9-11-22/h2-7,12,15,23H,8-11,13H2,1H3. The van der Waals surface area contributed by atoms with Crippen molar-refractivity contribution in [1.29, 1.82) is 0 Å². The summed E-state index contributed by atoms with van der Waals surface area (Å²) in [5.74, 6) is 1.63. The van der Waals surface area contributed by atoms with E-state index in [1.54, 1.807) is 7.11 Å². The molecule has 0 amide bonds. The first-order valence-corrected chi connectivity index (χ1v) is 8.66. The van der Waals surface area contributed by atoms with Crippen LogP contribution in [0.2, 0.25) is 0 Å². The highest BCUT2D eigenvalue weighted by atomic mass is 16.5. The number of piperidine rings is 1. The number of fused-ring (bicyclic) bond motifs is 1. The summed E-state index contributed by atoms with van der Waals surface area (Å²) in [5.41, 5.74) is 1.75. The largest absolute Gasteiger partial charge is 0.496 e. The second-order valence-corrected chi connectivity index (χ2v) is 6.55. The summed E-state index contributed by atoms with van der Waals surface area (Å²) in [6.07, 6.45) is 1.47. The smallest absolute Gasteiger partial charge is 0.151 e. The molecule has 0 bridgehead atoms. The lowest BCUT2D eigenvalue weighted by molar-refractivity contribution is 0.0749. The molecule has 0 aliphatic carbocycles. The Morgan fingerprint density at radius 2 is 2.00 bits per heavy atom. The average molecular weight is 338 g/mol. The van der Waals surface area contributed by atoms with Gasteiger partial charge in [0.05, 0.1) is 25.3 Å². The molecule has 0 saturated carbocycles. The van der Waals surface area contributed by atoms with Crippen molar-refractivity contribution >= 4 is 10.8 Å². The fourth-order valence-corrected chi connectivity index (χ4v) is 3.49. The van der Waals surface area contributed by atoms with Crippen molar-refractivity contribution in [1.82, 2.24) is 10.1 Å². The van der Waals surface area contributed by atoms with Crippen LogP contribution in [-0.4, -0.2) is 41.5 Å². The first-order chi connectivity index (χ1) is 12.2. The fourth-order valence-electron chi connectivity index (χ4n) is 3.49. The van der Waals surface area contributed by atoms with Crippen LogP contribution in [0.25, 0.3) is 22.0 Å². The van der Waals surface area contributed by atoms with Gasteiger partial charge >= 0.3 is 0 Å². The van der Waals surface area contributed by atoms with Gasteiger partial charge in [-0.05, 0) is 29.7 Å². The number of hydrogen-bond acceptors (Lipinski definition) is 5. The molecule has 5 heteroatoms. The minimum absolute atomic E-state index is 0.165. The number of likely N-dealkylation sites (tertiary alicyclic amines) is 1. The van der Waals surface area contributed by atoms with Crippen molar-refractivity contribution in [2.24, 2.45) is 0 Å². The Morgan fingerprint density at radius 3 is 2.80 bits per heavy atom. The molecule has 0 spiro atoms. The van der Waals surface area contributed by atoms with Gasteiger partial charge in [-0.15, -0.1) is 0 Å². The van der Waals surface area contributed by atoms with E-state index in [1.165, 1.54) is 0 Å². The lowest BCUT2D eigenvalue weighted by Gasteiger charge is -2.28. The van der Waals surface area contributed by atoms with E-state index in [9.17, 15) is 5.11 Å². The molecule has 1 aromatic heterocycles. The minimum atomic E-state index is -0.165. The van der Waals surface area contributed by atoms with Gasteiger partial charge in [-0.1, -0.05) is 35.5 Å². The SMILES string of the molecule is COc1ccc2ccccc2c1-c1cc(CN2CCC(O)CC2)on1. The molecule has 0 unspecified atom stereocenters. The lowest BCUT2D eigenvalue weighted by Crippen LogP contribution is -2.35. The van der Waals surface area contributed by atoms with Crippen molar-refractivity contribution < 1.29 is 14.4 Å². The van der Waals surface area contributed by atoms with E-state index in [0.29, 0.717) is 6.54 Å². The quantitative estimate of drug-likeness (QED) is 0.789. The number of benzene rings is 2. The minimum Gasteiger partial charge on any atom is -0.496 e. The predicted octanol–water partition coefficient (Wildman–Crippen LogP) is 3.46. The first kappa shape index (κ1) is 16.1. The van der Waals surface area contributed by atoms with Gasteiger partial charge < -0.3 is 14.4 Å². The number of aromatic nitrogens is 1. The lowest BCUT2D eigenvalue weighted by atomic mass is 10.0. The van der Waals surface area contributed by atoms with Gasteiger partial charge in [0.2, 0.25) is 0 Å². The third-order valence-corrected chi connectivity index (χ3v) is 4.86. The van der Waals surface area contributed by atoms with E-state index in [1.807, 2.05) is 24.3 Å². The van der Waals surface area contributed by atoms with E-state index in [-0.39, 0.29) is 6.10 Å².